The number of nitrogens with one attached hydrogen (secondary N) is 1. The van der Waals surface area contributed by atoms with E-state index in [0.717, 1.165) is 0 Å². The minimum atomic E-state index is -0.589. The second-order valence-corrected chi connectivity index (χ2v) is 8.28. The summed E-state index contributed by atoms with van der Waals surface area (Å²) in [4.78, 5) is 28.8. The third kappa shape index (κ3) is 5.57. The maximum absolute atomic E-state index is 13.1. The quantitative estimate of drug-likeness (QED) is 0.410. The molecular formula is C28H27N5O2. The molecule has 35 heavy (non-hydrogen) atoms. The molecule has 176 valence electrons. The molecule has 1 aliphatic heterocycles. The molecule has 3 aromatic rings. The van der Waals surface area contributed by atoms with Crippen molar-refractivity contribution in [1.82, 2.24) is 9.80 Å². The number of nitrogens with two attached hydrogens (primary N) is 1. The third-order valence-corrected chi connectivity index (χ3v) is 6.11. The van der Waals surface area contributed by atoms with E-state index in [0.29, 0.717) is 31.9 Å². The summed E-state index contributed by atoms with van der Waals surface area (Å²) < 4.78 is 0. The molecular weight excluding hydrogens is 438 g/mol. The molecule has 0 bridgehead atoms. The Hall–Kier alpha value is -4.41. The van der Waals surface area contributed by atoms with Crippen molar-refractivity contribution in [1.29, 1.82) is 5.26 Å². The maximum Gasteiger partial charge on any atom is 0.266 e. The van der Waals surface area contributed by atoms with Gasteiger partial charge in [0.05, 0.1) is 17.3 Å². The molecule has 0 saturated carbocycles. The predicted octanol–water partition coefficient (Wildman–Crippen LogP) is 3.54. The van der Waals surface area contributed by atoms with Crippen LogP contribution in [0.4, 0.5) is 5.69 Å². The number of carbonyl (C=O) groups is 2. The van der Waals surface area contributed by atoms with Crippen molar-refractivity contribution in [2.45, 2.75) is 6.04 Å². The van der Waals surface area contributed by atoms with E-state index in [1.807, 2.05) is 42.5 Å². The topological polar surface area (TPSA) is 102 Å². The van der Waals surface area contributed by atoms with Crippen molar-refractivity contribution in [2.75, 3.05) is 31.5 Å². The first-order chi connectivity index (χ1) is 17.1. The summed E-state index contributed by atoms with van der Waals surface area (Å²) in [6, 6.07) is 29.4. The van der Waals surface area contributed by atoms with E-state index >= 15 is 0 Å². The van der Waals surface area contributed by atoms with E-state index < -0.39 is 5.91 Å². The lowest BCUT2D eigenvalue weighted by atomic mass is 9.96. The Labute approximate surface area is 205 Å². The van der Waals surface area contributed by atoms with Crippen molar-refractivity contribution in [3.63, 3.8) is 0 Å². The van der Waals surface area contributed by atoms with Crippen LogP contribution in [0.1, 0.15) is 27.5 Å². The Kier molecular flexibility index (Phi) is 7.56. The van der Waals surface area contributed by atoms with E-state index in [9.17, 15) is 14.9 Å². The zero-order chi connectivity index (χ0) is 24.6. The van der Waals surface area contributed by atoms with Gasteiger partial charge in [-0.25, -0.2) is 0 Å². The molecule has 3 aromatic carbocycles. The number of piperazine rings is 1. The smallest absolute Gasteiger partial charge is 0.266 e. The Morgan fingerprint density at radius 1 is 0.857 bits per heavy atom. The van der Waals surface area contributed by atoms with Crippen LogP contribution < -0.4 is 11.1 Å². The van der Waals surface area contributed by atoms with Gasteiger partial charge in [-0.1, -0.05) is 72.8 Å². The highest BCUT2D eigenvalue weighted by Gasteiger charge is 2.29. The monoisotopic (exact) mass is 465 g/mol. The lowest BCUT2D eigenvalue weighted by Gasteiger charge is -2.39. The van der Waals surface area contributed by atoms with Crippen LogP contribution in [-0.2, 0) is 4.79 Å². The first-order valence-corrected chi connectivity index (χ1v) is 11.5. The average Bonchev–Trinajstić information content (AvgIpc) is 2.91. The molecule has 7 nitrogen and oxygen atoms in total. The van der Waals surface area contributed by atoms with Gasteiger partial charge < -0.3 is 16.0 Å². The van der Waals surface area contributed by atoms with Gasteiger partial charge in [-0.15, -0.1) is 0 Å². The molecule has 0 radical (unpaired) electrons. The van der Waals surface area contributed by atoms with E-state index in [1.54, 1.807) is 29.2 Å². The zero-order valence-electron chi connectivity index (χ0n) is 19.3. The number of hydrogen-bond acceptors (Lipinski definition) is 5. The van der Waals surface area contributed by atoms with Gasteiger partial charge in [0.1, 0.15) is 11.6 Å². The van der Waals surface area contributed by atoms with Crippen LogP contribution in [0.25, 0.3) is 0 Å². The highest BCUT2D eigenvalue weighted by molar-refractivity contribution is 6.00. The van der Waals surface area contributed by atoms with Crippen molar-refractivity contribution in [2.24, 2.45) is 5.73 Å². The van der Waals surface area contributed by atoms with Gasteiger partial charge >= 0.3 is 0 Å². The molecule has 4 rings (SSSR count). The van der Waals surface area contributed by atoms with E-state index in [2.05, 4.69) is 34.5 Å². The number of rotatable bonds is 7. The standard InChI is InChI=1S/C28H27N5O2/c29-19-23(20-31-25-14-8-7-13-24(25)27(30)34)28(35)33-17-15-32(16-18-33)26(21-9-3-1-4-10-21)22-11-5-2-6-12-22/h1-14,20,26,31H,15-18H2,(H2,30,34)/b23-20-. The number of carbonyl (C=O) groups excluding carboxylic acids is 2. The molecule has 0 aliphatic carbocycles. The second kappa shape index (κ2) is 11.1. The number of para-hydroxylation sites is 1. The van der Waals surface area contributed by atoms with Gasteiger partial charge in [0.25, 0.3) is 11.8 Å². The van der Waals surface area contributed by atoms with Crippen LogP contribution in [-0.4, -0.2) is 47.8 Å². The van der Waals surface area contributed by atoms with Crippen molar-refractivity contribution in [3.05, 3.63) is 113 Å². The summed E-state index contributed by atoms with van der Waals surface area (Å²) in [5.41, 5.74) is 8.51. The Morgan fingerprint density at radius 3 is 1.94 bits per heavy atom. The second-order valence-electron chi connectivity index (χ2n) is 8.28. The minimum Gasteiger partial charge on any atom is -0.366 e. The number of anilines is 1. The number of nitriles is 1. The van der Waals surface area contributed by atoms with Gasteiger partial charge in [0, 0.05) is 32.4 Å². The highest BCUT2D eigenvalue weighted by Crippen LogP contribution is 2.29. The molecule has 0 unspecified atom stereocenters. The van der Waals surface area contributed by atoms with Gasteiger partial charge in [0.15, 0.2) is 0 Å². The Balaban J connectivity index is 1.46. The largest absolute Gasteiger partial charge is 0.366 e. The fraction of sp³-hybridized carbons (Fsp3) is 0.179. The maximum atomic E-state index is 13.1. The van der Waals surface area contributed by atoms with E-state index in [4.69, 9.17) is 5.73 Å². The predicted molar refractivity (Wildman–Crippen MR) is 135 cm³/mol. The SMILES string of the molecule is N#C/C(=C/Nc1ccccc1C(N)=O)C(=O)N1CCN(C(c2ccccc2)c2ccccc2)CC1. The molecule has 7 heteroatoms. The van der Waals surface area contributed by atoms with Crippen LogP contribution in [0.15, 0.2) is 96.7 Å². The third-order valence-electron chi connectivity index (χ3n) is 6.11. The lowest BCUT2D eigenvalue weighted by Crippen LogP contribution is -2.50. The molecule has 3 N–H and O–H groups in total. The summed E-state index contributed by atoms with van der Waals surface area (Å²) in [6.07, 6.45) is 1.34. The normalized spacial score (nSPS) is 14.4. The van der Waals surface area contributed by atoms with Crippen molar-refractivity contribution in [3.8, 4) is 6.07 Å². The summed E-state index contributed by atoms with van der Waals surface area (Å²) in [5.74, 6) is -0.930. The van der Waals surface area contributed by atoms with E-state index in [1.165, 1.54) is 17.3 Å². The molecule has 1 saturated heterocycles. The molecule has 2 amide bonds. The van der Waals surface area contributed by atoms with Crippen molar-refractivity contribution < 1.29 is 9.59 Å². The average molecular weight is 466 g/mol. The zero-order valence-corrected chi connectivity index (χ0v) is 19.3. The number of amides is 2. The number of nitrogens with zero attached hydrogens (tertiary/aromatic N) is 3. The highest BCUT2D eigenvalue weighted by atomic mass is 16.2. The van der Waals surface area contributed by atoms with Crippen LogP contribution >= 0.6 is 0 Å². The molecule has 0 atom stereocenters. The molecule has 0 aromatic heterocycles. The van der Waals surface area contributed by atoms with Gasteiger partial charge in [-0.05, 0) is 23.3 Å². The summed E-state index contributed by atoms with van der Waals surface area (Å²) >= 11 is 0. The van der Waals surface area contributed by atoms with Gasteiger partial charge in [0.2, 0.25) is 0 Å². The first kappa shape index (κ1) is 23.7. The molecule has 0 spiro atoms. The molecule has 1 aliphatic rings. The molecule has 1 fully saturated rings. The fourth-order valence-electron chi connectivity index (χ4n) is 4.35. The van der Waals surface area contributed by atoms with Crippen LogP contribution in [0.3, 0.4) is 0 Å². The van der Waals surface area contributed by atoms with Crippen LogP contribution in [0.2, 0.25) is 0 Å². The summed E-state index contributed by atoms with van der Waals surface area (Å²) in [6.45, 7) is 2.37. The Bertz CT molecular complexity index is 1200. The number of benzene rings is 3. The summed E-state index contributed by atoms with van der Waals surface area (Å²) in [5, 5.41) is 12.5. The number of hydrogen-bond donors (Lipinski definition) is 2. The lowest BCUT2D eigenvalue weighted by molar-refractivity contribution is -0.128. The van der Waals surface area contributed by atoms with Crippen LogP contribution in [0.5, 0.6) is 0 Å². The van der Waals surface area contributed by atoms with Crippen LogP contribution in [0, 0.1) is 11.3 Å². The summed E-state index contributed by atoms with van der Waals surface area (Å²) in [7, 11) is 0. The van der Waals surface area contributed by atoms with E-state index in [-0.39, 0.29) is 23.1 Å². The number of primary amides is 1. The first-order valence-electron chi connectivity index (χ1n) is 11.5. The van der Waals surface area contributed by atoms with Crippen molar-refractivity contribution >= 4 is 17.5 Å². The molecule has 1 heterocycles. The van der Waals surface area contributed by atoms with Gasteiger partial charge in [-0.3, -0.25) is 14.5 Å². The minimum absolute atomic E-state index is 0.0274. The fourth-order valence-corrected chi connectivity index (χ4v) is 4.35. The Morgan fingerprint density at radius 2 is 1.40 bits per heavy atom. The van der Waals surface area contributed by atoms with Gasteiger partial charge in [-0.2, -0.15) is 5.26 Å².